The predicted octanol–water partition coefficient (Wildman–Crippen LogP) is 5.07. The van der Waals surface area contributed by atoms with E-state index >= 15 is 0 Å². The second-order valence-corrected chi connectivity index (χ2v) is 6.49. The molecule has 2 aromatic carbocycles. The SMILES string of the molecule is Cc1ccc2nc(N[C@H](C)c3ccccc3)c(-c3noc(C)n3)cc2c1. The van der Waals surface area contributed by atoms with Gasteiger partial charge in [0.05, 0.1) is 11.1 Å². The van der Waals surface area contributed by atoms with Gasteiger partial charge in [-0.2, -0.15) is 4.98 Å². The number of hydrogen-bond donors (Lipinski definition) is 1. The number of aromatic nitrogens is 3. The molecular formula is C21H20N4O. The Morgan fingerprint density at radius 1 is 0.962 bits per heavy atom. The molecule has 0 aliphatic carbocycles. The van der Waals surface area contributed by atoms with Crippen molar-refractivity contribution in [3.8, 4) is 11.4 Å². The van der Waals surface area contributed by atoms with Crippen molar-refractivity contribution in [3.63, 3.8) is 0 Å². The van der Waals surface area contributed by atoms with Crippen molar-refractivity contribution in [3.05, 3.63) is 71.6 Å². The molecule has 0 fully saturated rings. The lowest BCUT2D eigenvalue weighted by Gasteiger charge is -2.17. The predicted molar refractivity (Wildman–Crippen MR) is 103 cm³/mol. The molecule has 0 unspecified atom stereocenters. The monoisotopic (exact) mass is 344 g/mol. The Kier molecular flexibility index (Phi) is 4.13. The highest BCUT2D eigenvalue weighted by molar-refractivity contribution is 5.88. The van der Waals surface area contributed by atoms with E-state index in [0.717, 1.165) is 22.3 Å². The lowest BCUT2D eigenvalue weighted by Crippen LogP contribution is -2.09. The quantitative estimate of drug-likeness (QED) is 0.559. The average molecular weight is 344 g/mol. The molecule has 2 heterocycles. The zero-order valence-corrected chi connectivity index (χ0v) is 15.0. The Morgan fingerprint density at radius 2 is 1.77 bits per heavy atom. The molecule has 0 aliphatic rings. The van der Waals surface area contributed by atoms with Crippen molar-refractivity contribution >= 4 is 16.7 Å². The van der Waals surface area contributed by atoms with Crippen LogP contribution in [-0.4, -0.2) is 15.1 Å². The summed E-state index contributed by atoms with van der Waals surface area (Å²) in [4.78, 5) is 9.23. The first-order chi connectivity index (χ1) is 12.6. The third-order valence-corrected chi connectivity index (χ3v) is 4.39. The van der Waals surface area contributed by atoms with Gasteiger partial charge < -0.3 is 9.84 Å². The first kappa shape index (κ1) is 16.3. The van der Waals surface area contributed by atoms with Crippen LogP contribution in [0.4, 0.5) is 5.82 Å². The number of aryl methyl sites for hydroxylation is 2. The molecule has 4 rings (SSSR count). The molecule has 5 heteroatoms. The minimum Gasteiger partial charge on any atom is -0.363 e. The molecule has 0 spiro atoms. The molecule has 0 saturated carbocycles. The molecule has 1 atom stereocenters. The van der Waals surface area contributed by atoms with E-state index in [1.54, 1.807) is 6.92 Å². The summed E-state index contributed by atoms with van der Waals surface area (Å²) < 4.78 is 5.18. The van der Waals surface area contributed by atoms with E-state index in [4.69, 9.17) is 9.51 Å². The van der Waals surface area contributed by atoms with Gasteiger partial charge >= 0.3 is 0 Å². The van der Waals surface area contributed by atoms with Gasteiger partial charge in [0, 0.05) is 18.4 Å². The highest BCUT2D eigenvalue weighted by Gasteiger charge is 2.16. The number of nitrogens with zero attached hydrogens (tertiary/aromatic N) is 3. The lowest BCUT2D eigenvalue weighted by atomic mass is 10.1. The summed E-state index contributed by atoms with van der Waals surface area (Å²) in [6.45, 7) is 5.97. The van der Waals surface area contributed by atoms with Gasteiger partial charge in [-0.15, -0.1) is 0 Å². The first-order valence-electron chi connectivity index (χ1n) is 8.64. The minimum absolute atomic E-state index is 0.0957. The fourth-order valence-electron chi connectivity index (χ4n) is 3.02. The molecule has 0 amide bonds. The van der Waals surface area contributed by atoms with Gasteiger partial charge in [-0.3, -0.25) is 0 Å². The summed E-state index contributed by atoms with van der Waals surface area (Å²) in [5.74, 6) is 1.83. The topological polar surface area (TPSA) is 63.8 Å². The van der Waals surface area contributed by atoms with Crippen LogP contribution in [0.25, 0.3) is 22.3 Å². The highest BCUT2D eigenvalue weighted by atomic mass is 16.5. The van der Waals surface area contributed by atoms with Crippen LogP contribution in [0.5, 0.6) is 0 Å². The van der Waals surface area contributed by atoms with Gasteiger partial charge in [0.1, 0.15) is 5.82 Å². The summed E-state index contributed by atoms with van der Waals surface area (Å²) in [6, 6.07) is 18.7. The summed E-state index contributed by atoms with van der Waals surface area (Å²) in [5.41, 5.74) is 4.14. The second-order valence-electron chi connectivity index (χ2n) is 6.49. The van der Waals surface area contributed by atoms with Crippen molar-refractivity contribution in [2.45, 2.75) is 26.8 Å². The Hall–Kier alpha value is -3.21. The molecule has 0 aliphatic heterocycles. The van der Waals surface area contributed by atoms with Crippen LogP contribution in [0.2, 0.25) is 0 Å². The Labute approximate surface area is 152 Å². The number of benzene rings is 2. The fraction of sp³-hybridized carbons (Fsp3) is 0.190. The molecular weight excluding hydrogens is 324 g/mol. The molecule has 0 saturated heterocycles. The van der Waals surface area contributed by atoms with Crippen molar-refractivity contribution in [2.24, 2.45) is 0 Å². The zero-order valence-electron chi connectivity index (χ0n) is 15.0. The molecule has 5 nitrogen and oxygen atoms in total. The minimum atomic E-state index is 0.0957. The number of nitrogens with one attached hydrogen (secondary N) is 1. The van der Waals surface area contributed by atoms with Crippen LogP contribution in [0.3, 0.4) is 0 Å². The van der Waals surface area contributed by atoms with Crippen LogP contribution < -0.4 is 5.32 Å². The molecule has 2 aromatic heterocycles. The highest BCUT2D eigenvalue weighted by Crippen LogP contribution is 2.31. The van der Waals surface area contributed by atoms with Crippen LogP contribution in [0.1, 0.15) is 30.0 Å². The van der Waals surface area contributed by atoms with E-state index in [9.17, 15) is 0 Å². The Morgan fingerprint density at radius 3 is 2.50 bits per heavy atom. The average Bonchev–Trinajstić information content (AvgIpc) is 3.08. The normalized spacial score (nSPS) is 12.3. The van der Waals surface area contributed by atoms with Crippen LogP contribution in [-0.2, 0) is 0 Å². The summed E-state index contributed by atoms with van der Waals surface area (Å²) in [5, 5.41) is 8.65. The lowest BCUT2D eigenvalue weighted by molar-refractivity contribution is 0.394. The largest absolute Gasteiger partial charge is 0.363 e. The molecule has 26 heavy (non-hydrogen) atoms. The number of fused-ring (bicyclic) bond motifs is 1. The van der Waals surface area contributed by atoms with Gasteiger partial charge in [-0.1, -0.05) is 47.1 Å². The van der Waals surface area contributed by atoms with Crippen LogP contribution >= 0.6 is 0 Å². The number of hydrogen-bond acceptors (Lipinski definition) is 5. The smallest absolute Gasteiger partial charge is 0.223 e. The van der Waals surface area contributed by atoms with E-state index in [-0.39, 0.29) is 6.04 Å². The van der Waals surface area contributed by atoms with Crippen molar-refractivity contribution in [1.82, 2.24) is 15.1 Å². The second kappa shape index (κ2) is 6.59. The first-order valence-corrected chi connectivity index (χ1v) is 8.64. The van der Waals surface area contributed by atoms with Crippen molar-refractivity contribution in [1.29, 1.82) is 0 Å². The zero-order chi connectivity index (χ0) is 18.1. The number of rotatable bonds is 4. The molecule has 0 radical (unpaired) electrons. The van der Waals surface area contributed by atoms with E-state index in [1.807, 2.05) is 24.3 Å². The standard InChI is InChI=1S/C21H20N4O/c1-13-9-10-19-17(11-13)12-18(21-23-15(3)26-25-21)20(24-19)22-14(2)16-7-5-4-6-8-16/h4-12,14H,1-3H3,(H,22,24)/t14-/m1/s1. The summed E-state index contributed by atoms with van der Waals surface area (Å²) >= 11 is 0. The number of anilines is 1. The molecule has 0 bridgehead atoms. The maximum absolute atomic E-state index is 5.18. The van der Waals surface area contributed by atoms with Crippen molar-refractivity contribution < 1.29 is 4.52 Å². The fourth-order valence-corrected chi connectivity index (χ4v) is 3.02. The van der Waals surface area contributed by atoms with Gasteiger partial charge in [-0.05, 0) is 37.6 Å². The molecule has 4 aromatic rings. The van der Waals surface area contributed by atoms with E-state index < -0.39 is 0 Å². The Bertz CT molecular complexity index is 1060. The van der Waals surface area contributed by atoms with Crippen molar-refractivity contribution in [2.75, 3.05) is 5.32 Å². The van der Waals surface area contributed by atoms with E-state index in [2.05, 4.69) is 59.6 Å². The van der Waals surface area contributed by atoms with Crippen LogP contribution in [0, 0.1) is 13.8 Å². The van der Waals surface area contributed by atoms with Gasteiger partial charge in [0.2, 0.25) is 11.7 Å². The van der Waals surface area contributed by atoms with Gasteiger partial charge in [-0.25, -0.2) is 4.98 Å². The third-order valence-electron chi connectivity index (χ3n) is 4.39. The maximum atomic E-state index is 5.18. The number of pyridine rings is 1. The van der Waals surface area contributed by atoms with Gasteiger partial charge in [0.15, 0.2) is 0 Å². The van der Waals surface area contributed by atoms with E-state index in [0.29, 0.717) is 11.7 Å². The third kappa shape index (κ3) is 3.16. The van der Waals surface area contributed by atoms with Gasteiger partial charge in [0.25, 0.3) is 0 Å². The van der Waals surface area contributed by atoms with E-state index in [1.165, 1.54) is 11.1 Å². The summed E-state index contributed by atoms with van der Waals surface area (Å²) in [6.07, 6.45) is 0. The summed E-state index contributed by atoms with van der Waals surface area (Å²) in [7, 11) is 0. The molecule has 1 N–H and O–H groups in total. The van der Waals surface area contributed by atoms with Crippen LogP contribution in [0.15, 0.2) is 59.1 Å². The maximum Gasteiger partial charge on any atom is 0.223 e. The Balaban J connectivity index is 1.82. The molecule has 130 valence electrons.